The van der Waals surface area contributed by atoms with Crippen LogP contribution in [0.1, 0.15) is 23.4 Å². The van der Waals surface area contributed by atoms with E-state index >= 15 is 0 Å². The number of benzene rings is 1. The van der Waals surface area contributed by atoms with Gasteiger partial charge in [0.05, 0.1) is 13.4 Å². The summed E-state index contributed by atoms with van der Waals surface area (Å²) >= 11 is 0. The highest BCUT2D eigenvalue weighted by atomic mass is 16.5. The topological polar surface area (TPSA) is 75.0 Å². The zero-order valence-electron chi connectivity index (χ0n) is 15.9. The first-order valence-electron chi connectivity index (χ1n) is 8.92. The molecule has 144 valence electrons. The third-order valence-electron chi connectivity index (χ3n) is 4.91. The Balaban J connectivity index is 1.79. The van der Waals surface area contributed by atoms with E-state index in [4.69, 9.17) is 9.15 Å². The molecular formula is C20H25N3O4. The Labute approximate surface area is 158 Å². The molecule has 1 saturated heterocycles. The molecule has 1 aliphatic heterocycles. The molecule has 27 heavy (non-hydrogen) atoms. The van der Waals surface area contributed by atoms with Gasteiger partial charge in [0, 0.05) is 38.9 Å². The van der Waals surface area contributed by atoms with E-state index in [9.17, 15) is 9.59 Å². The van der Waals surface area contributed by atoms with Crippen molar-refractivity contribution in [3.8, 4) is 5.75 Å². The number of hydrogen-bond acceptors (Lipinski definition) is 5. The number of carbonyl (C=O) groups excluding carboxylic acids is 2. The number of ether oxygens (including phenoxy) is 1. The summed E-state index contributed by atoms with van der Waals surface area (Å²) in [4.78, 5) is 28.8. The largest absolute Gasteiger partial charge is 0.497 e. The van der Waals surface area contributed by atoms with Gasteiger partial charge in [-0.3, -0.25) is 9.59 Å². The number of piperidine rings is 1. The van der Waals surface area contributed by atoms with Crippen molar-refractivity contribution >= 4 is 17.5 Å². The summed E-state index contributed by atoms with van der Waals surface area (Å²) in [7, 11) is 5.11. The number of nitrogens with zero attached hydrogens (tertiary/aromatic N) is 2. The molecule has 0 aliphatic carbocycles. The van der Waals surface area contributed by atoms with Crippen molar-refractivity contribution in [2.45, 2.75) is 18.4 Å². The fourth-order valence-electron chi connectivity index (χ4n) is 3.45. The number of carbonyl (C=O) groups is 2. The summed E-state index contributed by atoms with van der Waals surface area (Å²) in [6.07, 6.45) is 2.50. The molecule has 3 rings (SSSR count). The Morgan fingerprint density at radius 1 is 1.19 bits per heavy atom. The highest BCUT2D eigenvalue weighted by molar-refractivity contribution is 5.93. The quantitative estimate of drug-likeness (QED) is 0.874. The van der Waals surface area contributed by atoms with E-state index in [0.29, 0.717) is 31.7 Å². The second-order valence-corrected chi connectivity index (χ2v) is 6.91. The molecule has 0 unspecified atom stereocenters. The maximum absolute atomic E-state index is 13.0. The summed E-state index contributed by atoms with van der Waals surface area (Å²) in [6, 6.07) is 10.9. The fourth-order valence-corrected chi connectivity index (χ4v) is 3.45. The predicted octanol–water partition coefficient (Wildman–Crippen LogP) is 2.46. The first kappa shape index (κ1) is 18.8. The number of likely N-dealkylation sites (N-methyl/N-ethyl adjacent to an activating group) is 1. The number of amides is 2. The van der Waals surface area contributed by atoms with E-state index in [0.717, 1.165) is 11.4 Å². The van der Waals surface area contributed by atoms with Crippen LogP contribution in [0.5, 0.6) is 5.75 Å². The van der Waals surface area contributed by atoms with Gasteiger partial charge in [0.2, 0.25) is 5.91 Å². The minimum absolute atomic E-state index is 0.00424. The normalized spacial score (nSPS) is 15.9. The molecular weight excluding hydrogens is 346 g/mol. The lowest BCUT2D eigenvalue weighted by atomic mass is 9.85. The van der Waals surface area contributed by atoms with Crippen LogP contribution in [0.2, 0.25) is 0 Å². The fraction of sp³-hybridized carbons (Fsp3) is 0.400. The Kier molecular flexibility index (Phi) is 5.39. The van der Waals surface area contributed by atoms with Crippen molar-refractivity contribution in [1.29, 1.82) is 0 Å². The van der Waals surface area contributed by atoms with Crippen LogP contribution in [0, 0.1) is 0 Å². The molecule has 1 aromatic carbocycles. The van der Waals surface area contributed by atoms with E-state index in [2.05, 4.69) is 5.32 Å². The second kappa shape index (κ2) is 7.73. The van der Waals surface area contributed by atoms with Crippen molar-refractivity contribution in [3.63, 3.8) is 0 Å². The van der Waals surface area contributed by atoms with Crippen LogP contribution in [0.4, 0.5) is 5.69 Å². The van der Waals surface area contributed by atoms with Gasteiger partial charge < -0.3 is 24.3 Å². The summed E-state index contributed by atoms with van der Waals surface area (Å²) in [6.45, 7) is 0.937. The monoisotopic (exact) mass is 371 g/mol. The van der Waals surface area contributed by atoms with Crippen molar-refractivity contribution < 1.29 is 18.7 Å². The van der Waals surface area contributed by atoms with E-state index in [1.807, 2.05) is 24.3 Å². The minimum Gasteiger partial charge on any atom is -0.497 e. The van der Waals surface area contributed by atoms with Crippen molar-refractivity contribution in [3.05, 3.63) is 48.4 Å². The van der Waals surface area contributed by atoms with Crippen LogP contribution in [-0.4, -0.2) is 61.4 Å². The number of nitrogens with one attached hydrogen (secondary N) is 1. The van der Waals surface area contributed by atoms with E-state index in [1.165, 1.54) is 6.26 Å². The molecule has 1 aromatic heterocycles. The van der Waals surface area contributed by atoms with Crippen LogP contribution in [-0.2, 0) is 4.79 Å². The third kappa shape index (κ3) is 3.92. The number of furan rings is 1. The van der Waals surface area contributed by atoms with Gasteiger partial charge >= 0.3 is 0 Å². The maximum Gasteiger partial charge on any atom is 0.289 e. The van der Waals surface area contributed by atoms with E-state index in [-0.39, 0.29) is 11.8 Å². The number of anilines is 1. The molecule has 0 radical (unpaired) electrons. The van der Waals surface area contributed by atoms with E-state index in [1.54, 1.807) is 43.1 Å². The highest BCUT2D eigenvalue weighted by Crippen LogP contribution is 2.31. The molecule has 0 saturated carbocycles. The lowest BCUT2D eigenvalue weighted by Gasteiger charge is -2.42. The molecule has 2 heterocycles. The third-order valence-corrected chi connectivity index (χ3v) is 4.91. The molecule has 2 aromatic rings. The average molecular weight is 371 g/mol. The van der Waals surface area contributed by atoms with Crippen LogP contribution >= 0.6 is 0 Å². The SMILES string of the molecule is COc1cccc(NC2(C(=O)N(C)C)CCN(C(=O)c3ccco3)CC2)c1. The number of hydrogen-bond donors (Lipinski definition) is 1. The minimum atomic E-state index is -0.768. The summed E-state index contributed by atoms with van der Waals surface area (Å²) in [5, 5.41) is 3.41. The second-order valence-electron chi connectivity index (χ2n) is 6.91. The molecule has 0 bridgehead atoms. The van der Waals surface area contributed by atoms with E-state index < -0.39 is 5.54 Å². The van der Waals surface area contributed by atoms with Crippen LogP contribution in [0.25, 0.3) is 0 Å². The van der Waals surface area contributed by atoms with Crippen LogP contribution in [0.3, 0.4) is 0 Å². The first-order chi connectivity index (χ1) is 12.9. The summed E-state index contributed by atoms with van der Waals surface area (Å²) in [5.41, 5.74) is 0.0471. The van der Waals surface area contributed by atoms with Gasteiger partial charge in [-0.25, -0.2) is 0 Å². The lowest BCUT2D eigenvalue weighted by molar-refractivity contribution is -0.135. The maximum atomic E-state index is 13.0. The number of methoxy groups -OCH3 is 1. The van der Waals surface area contributed by atoms with Crippen molar-refractivity contribution in [2.75, 3.05) is 39.6 Å². The molecule has 0 spiro atoms. The van der Waals surface area contributed by atoms with Crippen LogP contribution < -0.4 is 10.1 Å². The van der Waals surface area contributed by atoms with Crippen LogP contribution in [0.15, 0.2) is 47.1 Å². The highest BCUT2D eigenvalue weighted by Gasteiger charge is 2.43. The van der Waals surface area contributed by atoms with Gasteiger partial charge in [0.1, 0.15) is 11.3 Å². The van der Waals surface area contributed by atoms with Gasteiger partial charge in [-0.2, -0.15) is 0 Å². The molecule has 1 aliphatic rings. The predicted molar refractivity (Wildman–Crippen MR) is 102 cm³/mol. The standard InChI is InChI=1S/C20H25N3O4/c1-22(2)19(25)20(21-15-6-4-7-16(14-15)26-3)9-11-23(12-10-20)18(24)17-8-5-13-27-17/h4-8,13-14,21H,9-12H2,1-3H3. The zero-order valence-corrected chi connectivity index (χ0v) is 15.9. The average Bonchev–Trinajstić information content (AvgIpc) is 3.22. The van der Waals surface area contributed by atoms with Gasteiger partial charge in [0.15, 0.2) is 5.76 Å². The molecule has 2 amide bonds. The molecule has 1 fully saturated rings. The molecule has 0 atom stereocenters. The Morgan fingerprint density at radius 2 is 1.93 bits per heavy atom. The van der Waals surface area contributed by atoms with Crippen molar-refractivity contribution in [2.24, 2.45) is 0 Å². The number of likely N-dealkylation sites (tertiary alicyclic amines) is 1. The van der Waals surface area contributed by atoms with Gasteiger partial charge in [0.25, 0.3) is 5.91 Å². The Hall–Kier alpha value is -2.96. The van der Waals surface area contributed by atoms with Gasteiger partial charge in [-0.15, -0.1) is 0 Å². The smallest absolute Gasteiger partial charge is 0.289 e. The van der Waals surface area contributed by atoms with Crippen molar-refractivity contribution in [1.82, 2.24) is 9.80 Å². The molecule has 7 heteroatoms. The summed E-state index contributed by atoms with van der Waals surface area (Å²) < 4.78 is 10.5. The summed E-state index contributed by atoms with van der Waals surface area (Å²) in [5.74, 6) is 0.891. The lowest BCUT2D eigenvalue weighted by Crippen LogP contribution is -2.58. The van der Waals surface area contributed by atoms with Gasteiger partial charge in [-0.1, -0.05) is 6.07 Å². The van der Waals surface area contributed by atoms with Gasteiger partial charge in [-0.05, 0) is 37.1 Å². The Bertz CT molecular complexity index is 793. The first-order valence-corrected chi connectivity index (χ1v) is 8.92. The number of rotatable bonds is 5. The zero-order chi connectivity index (χ0) is 19.4. The molecule has 7 nitrogen and oxygen atoms in total. The Morgan fingerprint density at radius 3 is 2.52 bits per heavy atom. The molecule has 1 N–H and O–H groups in total.